The molecule has 0 spiro atoms. The molecule has 4 nitrogen and oxygen atoms in total. The minimum Gasteiger partial charge on any atom is -0.303 e. The molecule has 2 saturated carbocycles. The van der Waals surface area contributed by atoms with Crippen molar-refractivity contribution >= 4 is 11.7 Å². The van der Waals surface area contributed by atoms with Crippen molar-refractivity contribution in [1.82, 2.24) is 10.9 Å². The van der Waals surface area contributed by atoms with Crippen LogP contribution in [0.2, 0.25) is 0 Å². The van der Waals surface area contributed by atoms with Crippen LogP contribution in [0.15, 0.2) is 11.8 Å². The average Bonchev–Trinajstić information content (AvgIpc) is 2.95. The van der Waals surface area contributed by atoms with E-state index in [0.29, 0.717) is 12.3 Å². The Morgan fingerprint density at radius 2 is 2.05 bits per heavy atom. The van der Waals surface area contributed by atoms with Gasteiger partial charge in [-0.15, -0.1) is 0 Å². The van der Waals surface area contributed by atoms with Gasteiger partial charge in [-0.1, -0.05) is 20.3 Å². The molecule has 2 bridgehead atoms. The highest BCUT2D eigenvalue weighted by Crippen LogP contribution is 2.48. The SMILES string of the molecule is CC1(C)CC(=O)C=C(NNC(=O)[C@@H]2C[C@H]3CC[C@@H]2C3)C1. The van der Waals surface area contributed by atoms with E-state index < -0.39 is 0 Å². The van der Waals surface area contributed by atoms with Crippen molar-refractivity contribution < 1.29 is 9.59 Å². The van der Waals surface area contributed by atoms with E-state index in [1.165, 1.54) is 19.3 Å². The highest BCUT2D eigenvalue weighted by Gasteiger charge is 2.43. The molecule has 0 radical (unpaired) electrons. The van der Waals surface area contributed by atoms with Gasteiger partial charge in [-0.05, 0) is 42.9 Å². The van der Waals surface area contributed by atoms with Crippen molar-refractivity contribution in [1.29, 1.82) is 0 Å². The lowest BCUT2D eigenvalue weighted by Gasteiger charge is -2.30. The number of ketones is 1. The van der Waals surface area contributed by atoms with Gasteiger partial charge in [0.2, 0.25) is 5.91 Å². The van der Waals surface area contributed by atoms with Crippen molar-refractivity contribution in [3.05, 3.63) is 11.8 Å². The zero-order valence-electron chi connectivity index (χ0n) is 12.4. The molecule has 0 aromatic heterocycles. The van der Waals surface area contributed by atoms with E-state index in [1.807, 2.05) is 0 Å². The second-order valence-electron chi connectivity index (χ2n) is 7.55. The number of hydrogen-bond acceptors (Lipinski definition) is 3. The summed E-state index contributed by atoms with van der Waals surface area (Å²) in [5.74, 6) is 1.77. The standard InChI is InChI=1S/C16H24N2O2/c1-16(2)8-12(7-13(19)9-16)17-18-15(20)14-6-10-3-4-11(14)5-10/h7,10-11,14,17H,3-6,8-9H2,1-2H3,(H,18,20)/t10-,11+,14+/m0/s1. The zero-order valence-corrected chi connectivity index (χ0v) is 12.4. The molecular weight excluding hydrogens is 252 g/mol. The largest absolute Gasteiger partial charge is 0.303 e. The van der Waals surface area contributed by atoms with Gasteiger partial charge in [0.15, 0.2) is 5.78 Å². The summed E-state index contributed by atoms with van der Waals surface area (Å²) < 4.78 is 0. The van der Waals surface area contributed by atoms with E-state index in [2.05, 4.69) is 24.7 Å². The first-order valence-corrected chi connectivity index (χ1v) is 7.72. The minimum absolute atomic E-state index is 0.0225. The highest BCUT2D eigenvalue weighted by atomic mass is 16.2. The first kappa shape index (κ1) is 13.7. The molecule has 2 fully saturated rings. The third-order valence-electron chi connectivity index (χ3n) is 5.08. The number of rotatable bonds is 3. The Morgan fingerprint density at radius 1 is 1.25 bits per heavy atom. The van der Waals surface area contributed by atoms with E-state index in [0.717, 1.165) is 24.5 Å². The summed E-state index contributed by atoms with van der Waals surface area (Å²) in [6, 6.07) is 0. The third-order valence-corrected chi connectivity index (χ3v) is 5.08. The second kappa shape index (κ2) is 4.90. The molecule has 0 saturated heterocycles. The molecule has 3 rings (SSSR count). The summed E-state index contributed by atoms with van der Waals surface area (Å²) in [4.78, 5) is 23.9. The quantitative estimate of drug-likeness (QED) is 0.778. The van der Waals surface area contributed by atoms with Crippen LogP contribution in [0.4, 0.5) is 0 Å². The number of amides is 1. The summed E-state index contributed by atoms with van der Waals surface area (Å²) in [5.41, 5.74) is 6.63. The summed E-state index contributed by atoms with van der Waals surface area (Å²) >= 11 is 0. The molecular formula is C16H24N2O2. The Morgan fingerprint density at radius 3 is 2.65 bits per heavy atom. The molecule has 20 heavy (non-hydrogen) atoms. The van der Waals surface area contributed by atoms with E-state index in [1.54, 1.807) is 6.08 Å². The fourth-order valence-electron chi connectivity index (χ4n) is 4.23. The van der Waals surface area contributed by atoms with Crippen LogP contribution in [0, 0.1) is 23.2 Å². The van der Waals surface area contributed by atoms with Crippen molar-refractivity contribution in [3.8, 4) is 0 Å². The molecule has 0 aromatic rings. The van der Waals surface area contributed by atoms with Gasteiger partial charge in [-0.3, -0.25) is 15.0 Å². The van der Waals surface area contributed by atoms with Gasteiger partial charge < -0.3 is 5.43 Å². The molecule has 1 amide bonds. The Labute approximate surface area is 120 Å². The van der Waals surface area contributed by atoms with E-state index in [4.69, 9.17) is 0 Å². The number of hydrogen-bond donors (Lipinski definition) is 2. The normalized spacial score (nSPS) is 34.8. The van der Waals surface area contributed by atoms with Gasteiger partial charge in [0.25, 0.3) is 0 Å². The fourth-order valence-corrected chi connectivity index (χ4v) is 4.23. The van der Waals surface area contributed by atoms with Crippen molar-refractivity contribution in [2.24, 2.45) is 23.2 Å². The highest BCUT2D eigenvalue weighted by molar-refractivity contribution is 5.91. The van der Waals surface area contributed by atoms with Crippen LogP contribution in [-0.2, 0) is 9.59 Å². The fraction of sp³-hybridized carbons (Fsp3) is 0.750. The molecule has 0 heterocycles. The van der Waals surface area contributed by atoms with Crippen molar-refractivity contribution in [2.75, 3.05) is 0 Å². The third kappa shape index (κ3) is 2.74. The van der Waals surface area contributed by atoms with Gasteiger partial charge in [0.1, 0.15) is 0 Å². The Kier molecular flexibility index (Phi) is 3.35. The molecule has 110 valence electrons. The first-order chi connectivity index (χ1) is 9.43. The van der Waals surface area contributed by atoms with E-state index in [9.17, 15) is 9.59 Å². The predicted octanol–water partition coefficient (Wildman–Crippen LogP) is 2.32. The van der Waals surface area contributed by atoms with Gasteiger partial charge >= 0.3 is 0 Å². The van der Waals surface area contributed by atoms with Crippen LogP contribution >= 0.6 is 0 Å². The van der Waals surface area contributed by atoms with Crippen LogP contribution in [0.3, 0.4) is 0 Å². The maximum Gasteiger partial charge on any atom is 0.241 e. The molecule has 0 unspecified atom stereocenters. The van der Waals surface area contributed by atoms with Crippen molar-refractivity contribution in [2.45, 2.75) is 52.4 Å². The molecule has 3 atom stereocenters. The molecule has 2 N–H and O–H groups in total. The summed E-state index contributed by atoms with van der Waals surface area (Å²) in [7, 11) is 0. The topological polar surface area (TPSA) is 58.2 Å². The van der Waals surface area contributed by atoms with Crippen LogP contribution in [-0.4, -0.2) is 11.7 Å². The van der Waals surface area contributed by atoms with Crippen molar-refractivity contribution in [3.63, 3.8) is 0 Å². The molecule has 3 aliphatic carbocycles. The lowest BCUT2D eigenvalue weighted by molar-refractivity contribution is -0.127. The van der Waals surface area contributed by atoms with Gasteiger partial charge in [0, 0.05) is 24.1 Å². The van der Waals surface area contributed by atoms with Crippen LogP contribution in [0.1, 0.15) is 52.4 Å². The molecule has 4 heteroatoms. The minimum atomic E-state index is -0.0225. The summed E-state index contributed by atoms with van der Waals surface area (Å²) in [5, 5.41) is 0. The van der Waals surface area contributed by atoms with Crippen LogP contribution in [0.25, 0.3) is 0 Å². The summed E-state index contributed by atoms with van der Waals surface area (Å²) in [6.07, 6.45) is 7.79. The van der Waals surface area contributed by atoms with Gasteiger partial charge in [-0.25, -0.2) is 0 Å². The Bertz CT molecular complexity index is 467. The first-order valence-electron chi connectivity index (χ1n) is 7.72. The Hall–Kier alpha value is -1.32. The monoisotopic (exact) mass is 276 g/mol. The zero-order chi connectivity index (χ0) is 14.3. The van der Waals surface area contributed by atoms with Crippen LogP contribution in [0.5, 0.6) is 0 Å². The van der Waals surface area contributed by atoms with E-state index in [-0.39, 0.29) is 23.0 Å². The number of hydrazine groups is 1. The number of fused-ring (bicyclic) bond motifs is 2. The number of allylic oxidation sites excluding steroid dienone is 2. The number of carbonyl (C=O) groups excluding carboxylic acids is 2. The van der Waals surface area contributed by atoms with Crippen LogP contribution < -0.4 is 10.9 Å². The smallest absolute Gasteiger partial charge is 0.241 e. The van der Waals surface area contributed by atoms with Gasteiger partial charge in [-0.2, -0.15) is 0 Å². The Balaban J connectivity index is 1.54. The predicted molar refractivity (Wildman–Crippen MR) is 76.3 cm³/mol. The van der Waals surface area contributed by atoms with E-state index >= 15 is 0 Å². The maximum absolute atomic E-state index is 12.2. The average molecular weight is 276 g/mol. The molecule has 0 aliphatic heterocycles. The molecule has 0 aromatic carbocycles. The molecule has 3 aliphatic rings. The lowest BCUT2D eigenvalue weighted by atomic mass is 9.79. The summed E-state index contributed by atoms with van der Waals surface area (Å²) in [6.45, 7) is 4.16. The number of nitrogens with one attached hydrogen (secondary N) is 2. The number of carbonyl (C=O) groups is 2. The second-order valence-corrected chi connectivity index (χ2v) is 7.55. The van der Waals surface area contributed by atoms with Gasteiger partial charge in [0.05, 0.1) is 0 Å². The lowest BCUT2D eigenvalue weighted by Crippen LogP contribution is -2.43. The maximum atomic E-state index is 12.2.